The molecule has 1 aliphatic rings. The first-order valence-corrected chi connectivity index (χ1v) is 2.89. The molecule has 1 rings (SSSR count). The van der Waals surface area contributed by atoms with Crippen LogP contribution in [0.2, 0.25) is 0 Å². The predicted octanol–water partition coefficient (Wildman–Crippen LogP) is -0.497. The molecule has 0 unspecified atom stereocenters. The fraction of sp³-hybridized carbons (Fsp3) is 1.00. The Morgan fingerprint density at radius 3 is 2.62 bits per heavy atom. The van der Waals surface area contributed by atoms with Gasteiger partial charge in [0.2, 0.25) is 0 Å². The van der Waals surface area contributed by atoms with Gasteiger partial charge in [-0.15, -0.1) is 0 Å². The second-order valence-electron chi connectivity index (χ2n) is 2.17. The molecule has 3 heteroatoms. The molecule has 0 aromatic carbocycles. The normalized spacial score (nSPS) is 38.2. The van der Waals surface area contributed by atoms with Crippen molar-refractivity contribution < 1.29 is 4.39 Å². The van der Waals surface area contributed by atoms with Crippen LogP contribution >= 0.6 is 0 Å². The maximum atomic E-state index is 12.4. The van der Waals surface area contributed by atoms with Gasteiger partial charge in [-0.2, -0.15) is 0 Å². The monoisotopic (exact) mass is 118 g/mol. The lowest BCUT2D eigenvalue weighted by Crippen LogP contribution is -2.22. The van der Waals surface area contributed by atoms with Crippen LogP contribution in [0.15, 0.2) is 0 Å². The zero-order chi connectivity index (χ0) is 5.98. The lowest BCUT2D eigenvalue weighted by atomic mass is 10.1. The molecule has 0 amide bonds. The van der Waals surface area contributed by atoms with E-state index in [2.05, 4.69) is 5.32 Å². The summed E-state index contributed by atoms with van der Waals surface area (Å²) in [6.07, 6.45) is -0.708. The highest BCUT2D eigenvalue weighted by Crippen LogP contribution is 2.09. The van der Waals surface area contributed by atoms with Crippen molar-refractivity contribution in [1.82, 2.24) is 5.32 Å². The Balaban J connectivity index is 2.30. The van der Waals surface area contributed by atoms with Crippen molar-refractivity contribution >= 4 is 0 Å². The Labute approximate surface area is 48.2 Å². The van der Waals surface area contributed by atoms with E-state index >= 15 is 0 Å². The molecule has 3 N–H and O–H groups in total. The fourth-order valence-corrected chi connectivity index (χ4v) is 0.932. The SMILES string of the molecule is NC[C@H]1CNC[C@@H]1F. The fourth-order valence-electron chi connectivity index (χ4n) is 0.932. The molecule has 48 valence electrons. The first-order valence-electron chi connectivity index (χ1n) is 2.89. The van der Waals surface area contributed by atoms with E-state index in [0.29, 0.717) is 13.1 Å². The van der Waals surface area contributed by atoms with E-state index in [-0.39, 0.29) is 5.92 Å². The van der Waals surface area contributed by atoms with E-state index in [0.717, 1.165) is 6.54 Å². The first kappa shape index (κ1) is 5.98. The van der Waals surface area contributed by atoms with Gasteiger partial charge in [0.15, 0.2) is 0 Å². The van der Waals surface area contributed by atoms with Crippen LogP contribution in [0.1, 0.15) is 0 Å². The Kier molecular flexibility index (Phi) is 1.81. The van der Waals surface area contributed by atoms with Crippen molar-refractivity contribution in [3.63, 3.8) is 0 Å². The Bertz CT molecular complexity index is 76.8. The minimum atomic E-state index is -0.708. The summed E-state index contributed by atoms with van der Waals surface area (Å²) in [5.41, 5.74) is 5.24. The van der Waals surface area contributed by atoms with E-state index in [1.807, 2.05) is 0 Å². The highest BCUT2D eigenvalue weighted by atomic mass is 19.1. The summed E-state index contributed by atoms with van der Waals surface area (Å²) in [7, 11) is 0. The summed E-state index contributed by atoms with van der Waals surface area (Å²) in [6.45, 7) is 1.70. The smallest absolute Gasteiger partial charge is 0.118 e. The lowest BCUT2D eigenvalue weighted by Gasteiger charge is -2.05. The van der Waals surface area contributed by atoms with Gasteiger partial charge in [-0.25, -0.2) is 4.39 Å². The van der Waals surface area contributed by atoms with Crippen molar-refractivity contribution in [1.29, 1.82) is 0 Å². The molecule has 1 aliphatic heterocycles. The molecule has 0 saturated carbocycles. The molecule has 1 saturated heterocycles. The summed E-state index contributed by atoms with van der Waals surface area (Å²) >= 11 is 0. The number of alkyl halides is 1. The molecule has 1 heterocycles. The average Bonchev–Trinajstić information content (AvgIpc) is 2.14. The van der Waals surface area contributed by atoms with Crippen LogP contribution in [0.5, 0.6) is 0 Å². The third-order valence-corrected chi connectivity index (χ3v) is 1.56. The average molecular weight is 118 g/mol. The number of hydrogen-bond donors (Lipinski definition) is 2. The molecule has 2 nitrogen and oxygen atoms in total. The van der Waals surface area contributed by atoms with Crippen LogP contribution in [0.4, 0.5) is 4.39 Å². The van der Waals surface area contributed by atoms with Crippen molar-refractivity contribution in [2.24, 2.45) is 11.7 Å². The Hall–Kier alpha value is -0.150. The third-order valence-electron chi connectivity index (χ3n) is 1.56. The largest absolute Gasteiger partial charge is 0.330 e. The van der Waals surface area contributed by atoms with E-state index in [4.69, 9.17) is 5.73 Å². The maximum absolute atomic E-state index is 12.4. The highest BCUT2D eigenvalue weighted by Gasteiger charge is 2.24. The number of nitrogens with two attached hydrogens (primary N) is 1. The molecule has 0 bridgehead atoms. The van der Waals surface area contributed by atoms with Crippen LogP contribution < -0.4 is 11.1 Å². The van der Waals surface area contributed by atoms with Crippen LogP contribution in [-0.4, -0.2) is 25.8 Å². The highest BCUT2D eigenvalue weighted by molar-refractivity contribution is 4.80. The summed E-state index contributed by atoms with van der Waals surface area (Å²) in [5, 5.41) is 2.92. The van der Waals surface area contributed by atoms with Crippen LogP contribution in [-0.2, 0) is 0 Å². The number of halogens is 1. The van der Waals surface area contributed by atoms with E-state index in [9.17, 15) is 4.39 Å². The Morgan fingerprint density at radius 2 is 2.38 bits per heavy atom. The van der Waals surface area contributed by atoms with Gasteiger partial charge in [0, 0.05) is 19.0 Å². The van der Waals surface area contributed by atoms with Gasteiger partial charge in [0.1, 0.15) is 6.17 Å². The molecular weight excluding hydrogens is 107 g/mol. The second-order valence-corrected chi connectivity index (χ2v) is 2.17. The zero-order valence-corrected chi connectivity index (χ0v) is 4.73. The summed E-state index contributed by atoms with van der Waals surface area (Å²) < 4.78 is 12.4. The topological polar surface area (TPSA) is 38.0 Å². The van der Waals surface area contributed by atoms with Crippen LogP contribution in [0.3, 0.4) is 0 Å². The summed E-state index contributed by atoms with van der Waals surface area (Å²) in [5.74, 6) is 0.0648. The van der Waals surface area contributed by atoms with Gasteiger partial charge in [0.05, 0.1) is 0 Å². The molecule has 0 spiro atoms. The predicted molar refractivity (Wildman–Crippen MR) is 30.3 cm³/mol. The van der Waals surface area contributed by atoms with E-state index in [1.165, 1.54) is 0 Å². The van der Waals surface area contributed by atoms with Gasteiger partial charge >= 0.3 is 0 Å². The van der Waals surface area contributed by atoms with Gasteiger partial charge in [-0.05, 0) is 6.54 Å². The number of nitrogens with one attached hydrogen (secondary N) is 1. The summed E-state index contributed by atoms with van der Waals surface area (Å²) in [6, 6.07) is 0. The molecule has 0 radical (unpaired) electrons. The van der Waals surface area contributed by atoms with Crippen LogP contribution in [0, 0.1) is 5.92 Å². The standard InChI is InChI=1S/C5H11FN2/c6-5-3-8-2-4(5)1-7/h4-5,8H,1-3,7H2/t4-,5-/m0/s1. The molecule has 1 fully saturated rings. The number of hydrogen-bond acceptors (Lipinski definition) is 2. The first-order chi connectivity index (χ1) is 3.84. The number of rotatable bonds is 1. The molecular formula is C5H11FN2. The minimum Gasteiger partial charge on any atom is -0.330 e. The molecule has 0 aromatic rings. The lowest BCUT2D eigenvalue weighted by molar-refractivity contribution is 0.288. The second kappa shape index (κ2) is 2.42. The zero-order valence-electron chi connectivity index (χ0n) is 4.73. The van der Waals surface area contributed by atoms with Crippen molar-refractivity contribution in [3.05, 3.63) is 0 Å². The molecule has 0 aromatic heterocycles. The quantitative estimate of drug-likeness (QED) is 0.487. The molecule has 8 heavy (non-hydrogen) atoms. The van der Waals surface area contributed by atoms with Gasteiger partial charge in [-0.3, -0.25) is 0 Å². The van der Waals surface area contributed by atoms with E-state index in [1.54, 1.807) is 0 Å². The van der Waals surface area contributed by atoms with Gasteiger partial charge in [-0.1, -0.05) is 0 Å². The summed E-state index contributed by atoms with van der Waals surface area (Å²) in [4.78, 5) is 0. The maximum Gasteiger partial charge on any atom is 0.118 e. The van der Waals surface area contributed by atoms with Crippen molar-refractivity contribution in [2.75, 3.05) is 19.6 Å². The van der Waals surface area contributed by atoms with Gasteiger partial charge in [0.25, 0.3) is 0 Å². The third kappa shape index (κ3) is 0.980. The molecule has 2 atom stereocenters. The molecule has 0 aliphatic carbocycles. The van der Waals surface area contributed by atoms with Crippen molar-refractivity contribution in [3.8, 4) is 0 Å². The minimum absolute atomic E-state index is 0.0648. The van der Waals surface area contributed by atoms with Crippen LogP contribution in [0.25, 0.3) is 0 Å². The van der Waals surface area contributed by atoms with Crippen molar-refractivity contribution in [2.45, 2.75) is 6.17 Å². The van der Waals surface area contributed by atoms with Gasteiger partial charge < -0.3 is 11.1 Å². The Morgan fingerprint density at radius 1 is 1.62 bits per heavy atom. The van der Waals surface area contributed by atoms with E-state index < -0.39 is 6.17 Å².